The van der Waals surface area contributed by atoms with Crippen LogP contribution in [-0.2, 0) is 4.79 Å². The van der Waals surface area contributed by atoms with Crippen LogP contribution in [0.15, 0.2) is 24.3 Å². The number of carbonyl (C=O) groups is 1. The Kier molecular flexibility index (Phi) is 7.23. The van der Waals surface area contributed by atoms with E-state index in [2.05, 4.69) is 31.4 Å². The van der Waals surface area contributed by atoms with E-state index in [0.717, 1.165) is 24.3 Å². The molecule has 1 aromatic rings. The highest BCUT2D eigenvalue weighted by Gasteiger charge is 2.15. The van der Waals surface area contributed by atoms with E-state index in [-0.39, 0.29) is 18.0 Å². The Morgan fingerprint density at radius 2 is 1.76 bits per heavy atom. The first-order valence-electron chi connectivity index (χ1n) is 7.61. The Labute approximate surface area is 128 Å². The van der Waals surface area contributed by atoms with Crippen LogP contribution in [0.2, 0.25) is 0 Å². The minimum absolute atomic E-state index is 0.0519. The lowest BCUT2D eigenvalue weighted by molar-refractivity contribution is -0.122. The number of amides is 1. The second-order valence-electron chi connectivity index (χ2n) is 5.86. The van der Waals surface area contributed by atoms with Crippen LogP contribution < -0.4 is 15.4 Å². The zero-order valence-corrected chi connectivity index (χ0v) is 13.8. The number of benzene rings is 1. The average molecular weight is 292 g/mol. The third-order valence-corrected chi connectivity index (χ3v) is 3.53. The van der Waals surface area contributed by atoms with Gasteiger partial charge in [-0.3, -0.25) is 10.1 Å². The van der Waals surface area contributed by atoms with Crippen molar-refractivity contribution in [2.75, 3.05) is 13.7 Å². The maximum atomic E-state index is 12.0. The molecule has 0 saturated carbocycles. The molecule has 0 heterocycles. The zero-order valence-electron chi connectivity index (χ0n) is 13.8. The van der Waals surface area contributed by atoms with Crippen molar-refractivity contribution in [3.05, 3.63) is 29.8 Å². The van der Waals surface area contributed by atoms with Crippen LogP contribution in [0, 0.1) is 5.92 Å². The molecule has 2 N–H and O–H groups in total. The van der Waals surface area contributed by atoms with Crippen LogP contribution >= 0.6 is 0 Å². The summed E-state index contributed by atoms with van der Waals surface area (Å²) in [6, 6.07) is 7.79. The maximum Gasteiger partial charge on any atom is 0.236 e. The first-order valence-corrected chi connectivity index (χ1v) is 7.61. The van der Waals surface area contributed by atoms with Crippen LogP contribution in [0.1, 0.15) is 45.7 Å². The second-order valence-corrected chi connectivity index (χ2v) is 5.86. The van der Waals surface area contributed by atoms with Gasteiger partial charge in [0.15, 0.2) is 0 Å². The molecule has 0 aliphatic rings. The van der Waals surface area contributed by atoms with Crippen LogP contribution in [0.4, 0.5) is 0 Å². The van der Waals surface area contributed by atoms with Gasteiger partial charge in [0, 0.05) is 12.6 Å². The van der Waals surface area contributed by atoms with Gasteiger partial charge in [-0.05, 0) is 43.9 Å². The number of hydrogen-bond acceptors (Lipinski definition) is 3. The van der Waals surface area contributed by atoms with Gasteiger partial charge in [-0.2, -0.15) is 0 Å². The molecule has 0 aliphatic carbocycles. The van der Waals surface area contributed by atoms with Gasteiger partial charge in [-0.1, -0.05) is 26.0 Å². The summed E-state index contributed by atoms with van der Waals surface area (Å²) in [7, 11) is 1.65. The monoisotopic (exact) mass is 292 g/mol. The molecule has 4 heteroatoms. The highest BCUT2D eigenvalue weighted by atomic mass is 16.5. The number of ether oxygens (including phenoxy) is 1. The van der Waals surface area contributed by atoms with E-state index in [0.29, 0.717) is 5.92 Å². The molecule has 0 fully saturated rings. The number of carbonyl (C=O) groups excluding carboxylic acids is 1. The lowest BCUT2D eigenvalue weighted by Gasteiger charge is -2.20. The molecule has 0 spiro atoms. The summed E-state index contributed by atoms with van der Waals surface area (Å²) < 4.78 is 5.15. The van der Waals surface area contributed by atoms with Crippen molar-refractivity contribution in [1.82, 2.24) is 10.6 Å². The first kappa shape index (κ1) is 17.5. The Morgan fingerprint density at radius 3 is 2.29 bits per heavy atom. The summed E-state index contributed by atoms with van der Waals surface area (Å²) in [5, 5.41) is 6.29. The van der Waals surface area contributed by atoms with Crippen molar-refractivity contribution in [1.29, 1.82) is 0 Å². The smallest absolute Gasteiger partial charge is 0.236 e. The van der Waals surface area contributed by atoms with Crippen molar-refractivity contribution in [2.45, 2.75) is 46.2 Å². The molecule has 4 nitrogen and oxygen atoms in total. The summed E-state index contributed by atoms with van der Waals surface area (Å²) in [6.45, 7) is 8.99. The lowest BCUT2D eigenvalue weighted by atomic mass is 10.1. The fourth-order valence-electron chi connectivity index (χ4n) is 2.08. The predicted molar refractivity (Wildman–Crippen MR) is 86.5 cm³/mol. The number of rotatable bonds is 8. The molecule has 2 atom stereocenters. The average Bonchev–Trinajstić information content (AvgIpc) is 2.46. The molecule has 0 saturated heterocycles. The summed E-state index contributed by atoms with van der Waals surface area (Å²) in [6.07, 6.45) is 1.01. The van der Waals surface area contributed by atoms with Crippen molar-refractivity contribution in [3.63, 3.8) is 0 Å². The fraction of sp³-hybridized carbons (Fsp3) is 0.588. The van der Waals surface area contributed by atoms with E-state index < -0.39 is 0 Å². The third kappa shape index (κ3) is 6.17. The van der Waals surface area contributed by atoms with Crippen LogP contribution in [0.5, 0.6) is 5.75 Å². The molecule has 0 radical (unpaired) electrons. The van der Waals surface area contributed by atoms with E-state index in [1.807, 2.05) is 31.2 Å². The van der Waals surface area contributed by atoms with Gasteiger partial charge < -0.3 is 10.1 Å². The van der Waals surface area contributed by atoms with Gasteiger partial charge in [0.1, 0.15) is 5.75 Å². The molecular weight excluding hydrogens is 264 g/mol. The van der Waals surface area contributed by atoms with Crippen molar-refractivity contribution in [3.8, 4) is 5.75 Å². The number of methoxy groups -OCH3 is 1. The molecular formula is C17H28N2O2. The predicted octanol–water partition coefficient (Wildman–Crippen LogP) is 2.90. The van der Waals surface area contributed by atoms with Crippen molar-refractivity contribution >= 4 is 5.91 Å². The molecule has 1 aromatic carbocycles. The maximum absolute atomic E-state index is 12.0. The molecule has 0 bridgehead atoms. The normalized spacial score (nSPS) is 13.8. The molecule has 1 amide bonds. The van der Waals surface area contributed by atoms with Crippen LogP contribution in [-0.4, -0.2) is 25.6 Å². The SMILES string of the molecule is COc1ccc([C@H](C)NC(C)C(=O)NCCC(C)C)cc1. The van der Waals surface area contributed by atoms with E-state index >= 15 is 0 Å². The quantitative estimate of drug-likeness (QED) is 0.774. The lowest BCUT2D eigenvalue weighted by Crippen LogP contribution is -2.43. The standard InChI is InChI=1S/C17H28N2O2/c1-12(2)10-11-18-17(20)14(4)19-13(3)15-6-8-16(21-5)9-7-15/h6-9,12-14,19H,10-11H2,1-5H3,(H,18,20)/t13-,14?/m0/s1. The van der Waals surface area contributed by atoms with Crippen LogP contribution in [0.3, 0.4) is 0 Å². The molecule has 118 valence electrons. The van der Waals surface area contributed by atoms with Gasteiger partial charge in [0.2, 0.25) is 5.91 Å². The molecule has 0 aliphatic heterocycles. The van der Waals surface area contributed by atoms with Gasteiger partial charge in [0.05, 0.1) is 13.2 Å². The van der Waals surface area contributed by atoms with E-state index in [1.54, 1.807) is 7.11 Å². The van der Waals surface area contributed by atoms with Gasteiger partial charge >= 0.3 is 0 Å². The van der Waals surface area contributed by atoms with Crippen molar-refractivity contribution in [2.24, 2.45) is 5.92 Å². The van der Waals surface area contributed by atoms with E-state index in [9.17, 15) is 4.79 Å². The number of nitrogens with one attached hydrogen (secondary N) is 2. The largest absolute Gasteiger partial charge is 0.497 e. The molecule has 21 heavy (non-hydrogen) atoms. The molecule has 1 unspecified atom stereocenters. The summed E-state index contributed by atoms with van der Waals surface area (Å²) >= 11 is 0. The first-order chi connectivity index (χ1) is 9.93. The Morgan fingerprint density at radius 1 is 1.14 bits per heavy atom. The fourth-order valence-corrected chi connectivity index (χ4v) is 2.08. The second kappa shape index (κ2) is 8.67. The highest BCUT2D eigenvalue weighted by molar-refractivity contribution is 5.81. The summed E-state index contributed by atoms with van der Waals surface area (Å²) in [5.41, 5.74) is 1.14. The van der Waals surface area contributed by atoms with E-state index in [1.165, 1.54) is 0 Å². The molecule has 0 aromatic heterocycles. The Balaban J connectivity index is 2.44. The Hall–Kier alpha value is -1.55. The van der Waals surface area contributed by atoms with Gasteiger partial charge in [-0.15, -0.1) is 0 Å². The zero-order chi connectivity index (χ0) is 15.8. The minimum Gasteiger partial charge on any atom is -0.497 e. The minimum atomic E-state index is -0.214. The van der Waals surface area contributed by atoms with Gasteiger partial charge in [0.25, 0.3) is 0 Å². The summed E-state index contributed by atoms with van der Waals surface area (Å²) in [4.78, 5) is 12.0. The number of hydrogen-bond donors (Lipinski definition) is 2. The summed E-state index contributed by atoms with van der Waals surface area (Å²) in [5.74, 6) is 1.49. The van der Waals surface area contributed by atoms with Gasteiger partial charge in [-0.25, -0.2) is 0 Å². The van der Waals surface area contributed by atoms with Crippen LogP contribution in [0.25, 0.3) is 0 Å². The van der Waals surface area contributed by atoms with Crippen molar-refractivity contribution < 1.29 is 9.53 Å². The molecule has 1 rings (SSSR count). The third-order valence-electron chi connectivity index (χ3n) is 3.53. The van der Waals surface area contributed by atoms with E-state index in [4.69, 9.17) is 4.74 Å². The Bertz CT molecular complexity index is 429. The topological polar surface area (TPSA) is 50.4 Å². The highest BCUT2D eigenvalue weighted by Crippen LogP contribution is 2.17.